The highest BCUT2D eigenvalue weighted by Crippen LogP contribution is 2.60. The van der Waals surface area contributed by atoms with Gasteiger partial charge in [-0.25, -0.2) is 4.21 Å². The lowest BCUT2D eigenvalue weighted by Gasteiger charge is -2.69. The van der Waals surface area contributed by atoms with Crippen LogP contribution in [0, 0.1) is 11.3 Å². The molecule has 7 rings (SSSR count). The van der Waals surface area contributed by atoms with Crippen molar-refractivity contribution in [2.75, 3.05) is 22.2 Å². The number of hydrogen-bond acceptors (Lipinski definition) is 7. The lowest BCUT2D eigenvalue weighted by Crippen LogP contribution is -2.79. The molecule has 1 heterocycles. The van der Waals surface area contributed by atoms with Crippen LogP contribution in [0.25, 0.3) is 10.9 Å². The van der Waals surface area contributed by atoms with Gasteiger partial charge in [-0.15, -0.1) is 0 Å². The molecule has 7 N–H and O–H groups in total. The van der Waals surface area contributed by atoms with E-state index in [0.717, 1.165) is 52.9 Å². The summed E-state index contributed by atoms with van der Waals surface area (Å²) in [5, 5.41) is 24.6. The number of carbonyl (C=O) groups is 1. The Hall–Kier alpha value is -4.30. The van der Waals surface area contributed by atoms with Crippen LogP contribution in [-0.4, -0.2) is 32.4 Å². The van der Waals surface area contributed by atoms with Crippen LogP contribution in [0.5, 0.6) is 0 Å². The second-order valence-electron chi connectivity index (χ2n) is 10.2. The van der Waals surface area contributed by atoms with E-state index in [1.54, 1.807) is 24.4 Å². The quantitative estimate of drug-likeness (QED) is 0.243. The minimum atomic E-state index is -1.11. The Morgan fingerprint density at radius 2 is 1.69 bits per heavy atom. The molecule has 2 bridgehead atoms. The van der Waals surface area contributed by atoms with Gasteiger partial charge in [-0.3, -0.25) is 14.9 Å². The van der Waals surface area contributed by atoms with E-state index in [1.165, 1.54) is 6.26 Å². The van der Waals surface area contributed by atoms with Gasteiger partial charge in [-0.1, -0.05) is 12.1 Å². The first-order valence-corrected chi connectivity index (χ1v) is 14.0. The summed E-state index contributed by atoms with van der Waals surface area (Å²) in [6, 6.07) is 24.5. The number of amides is 1. The SMILES string of the molecule is CS(N)=O.N#Cc1ccc2nccc(Nc3cccc(C(=O)Nc4cccc(NC56CC(N)(C5)C6)c4)c3)c2c1. The lowest BCUT2D eigenvalue weighted by molar-refractivity contribution is -0.0317. The molecule has 198 valence electrons. The average molecular weight is 540 g/mol. The monoisotopic (exact) mass is 539 g/mol. The zero-order valence-corrected chi connectivity index (χ0v) is 22.2. The molecule has 1 aromatic heterocycles. The highest BCUT2D eigenvalue weighted by atomic mass is 32.2. The Bertz CT molecular complexity index is 1610. The first-order valence-electron chi connectivity index (χ1n) is 12.4. The molecule has 3 aliphatic carbocycles. The predicted molar refractivity (Wildman–Crippen MR) is 156 cm³/mol. The maximum Gasteiger partial charge on any atom is 0.255 e. The van der Waals surface area contributed by atoms with Gasteiger partial charge in [0.2, 0.25) is 0 Å². The van der Waals surface area contributed by atoms with E-state index in [2.05, 4.69) is 32.1 Å². The van der Waals surface area contributed by atoms with Crippen molar-refractivity contribution in [1.82, 2.24) is 4.98 Å². The molecule has 1 unspecified atom stereocenters. The van der Waals surface area contributed by atoms with Crippen LogP contribution in [0.15, 0.2) is 79.0 Å². The number of pyridine rings is 1. The molecule has 1 atom stereocenters. The van der Waals surface area contributed by atoms with Crippen molar-refractivity contribution in [2.24, 2.45) is 10.9 Å². The summed E-state index contributed by atoms with van der Waals surface area (Å²) < 4.78 is 9.33. The first-order chi connectivity index (χ1) is 18.7. The molecule has 10 heteroatoms. The number of benzene rings is 3. The van der Waals surface area contributed by atoms with Gasteiger partial charge >= 0.3 is 0 Å². The summed E-state index contributed by atoms with van der Waals surface area (Å²) >= 11 is 0. The van der Waals surface area contributed by atoms with Gasteiger partial charge in [0, 0.05) is 57.2 Å². The maximum atomic E-state index is 13.0. The van der Waals surface area contributed by atoms with E-state index in [1.807, 2.05) is 54.6 Å². The Balaban J connectivity index is 0.000000723. The largest absolute Gasteiger partial charge is 0.379 e. The predicted octanol–water partition coefficient (Wildman–Crippen LogP) is 4.39. The number of fused-ring (bicyclic) bond motifs is 1. The topological polar surface area (TPSA) is 159 Å². The van der Waals surface area contributed by atoms with Crippen molar-refractivity contribution < 1.29 is 9.00 Å². The number of hydrogen-bond donors (Lipinski definition) is 5. The zero-order valence-electron chi connectivity index (χ0n) is 21.4. The number of aromatic nitrogens is 1. The third kappa shape index (κ3) is 5.91. The van der Waals surface area contributed by atoms with Crippen molar-refractivity contribution in [3.63, 3.8) is 0 Å². The van der Waals surface area contributed by atoms with Crippen LogP contribution in [0.3, 0.4) is 0 Å². The van der Waals surface area contributed by atoms with Gasteiger partial charge in [-0.05, 0) is 79.9 Å². The van der Waals surface area contributed by atoms with E-state index in [0.29, 0.717) is 11.1 Å². The van der Waals surface area contributed by atoms with Crippen molar-refractivity contribution in [1.29, 1.82) is 5.26 Å². The van der Waals surface area contributed by atoms with Crippen molar-refractivity contribution >= 4 is 50.5 Å². The average Bonchev–Trinajstić information content (AvgIpc) is 2.87. The molecule has 0 spiro atoms. The van der Waals surface area contributed by atoms with Gasteiger partial charge in [0.25, 0.3) is 5.91 Å². The number of rotatable bonds is 6. The highest BCUT2D eigenvalue weighted by molar-refractivity contribution is 7.81. The van der Waals surface area contributed by atoms with E-state index >= 15 is 0 Å². The molecular formula is C29H29N7O2S. The molecule has 3 fully saturated rings. The summed E-state index contributed by atoms with van der Waals surface area (Å²) in [5.74, 6) is -0.191. The Kier molecular flexibility index (Phi) is 7.06. The lowest BCUT2D eigenvalue weighted by atomic mass is 9.44. The van der Waals surface area contributed by atoms with Crippen LogP contribution in [0.4, 0.5) is 22.7 Å². The fourth-order valence-electron chi connectivity index (χ4n) is 5.40. The van der Waals surface area contributed by atoms with Gasteiger partial charge in [0.1, 0.15) is 0 Å². The molecular weight excluding hydrogens is 510 g/mol. The van der Waals surface area contributed by atoms with E-state index in [9.17, 15) is 14.3 Å². The van der Waals surface area contributed by atoms with Crippen LogP contribution in [-0.2, 0) is 11.0 Å². The van der Waals surface area contributed by atoms with Crippen LogP contribution in [0.2, 0.25) is 0 Å². The fourth-order valence-corrected chi connectivity index (χ4v) is 5.40. The summed E-state index contributed by atoms with van der Waals surface area (Å²) in [6.07, 6.45) is 6.14. The van der Waals surface area contributed by atoms with Crippen LogP contribution < -0.4 is 26.8 Å². The zero-order chi connectivity index (χ0) is 27.6. The number of nitrogens with two attached hydrogens (primary N) is 2. The molecule has 0 radical (unpaired) electrons. The molecule has 3 aromatic carbocycles. The summed E-state index contributed by atoms with van der Waals surface area (Å²) in [5.41, 5.74) is 11.5. The van der Waals surface area contributed by atoms with E-state index < -0.39 is 11.0 Å². The van der Waals surface area contributed by atoms with Crippen LogP contribution >= 0.6 is 0 Å². The van der Waals surface area contributed by atoms with E-state index in [-0.39, 0.29) is 17.0 Å². The number of anilines is 4. The van der Waals surface area contributed by atoms with Crippen molar-refractivity contribution in [2.45, 2.75) is 30.3 Å². The molecule has 0 aliphatic heterocycles. The minimum absolute atomic E-state index is 0.0401. The Labute approximate surface area is 229 Å². The third-order valence-electron chi connectivity index (χ3n) is 6.88. The number of carbonyl (C=O) groups excluding carboxylic acids is 1. The minimum Gasteiger partial charge on any atom is -0.379 e. The molecule has 3 aliphatic rings. The summed E-state index contributed by atoms with van der Waals surface area (Å²) in [6.45, 7) is 0. The Morgan fingerprint density at radius 3 is 2.41 bits per heavy atom. The fraction of sp³-hybridized carbons (Fsp3) is 0.207. The van der Waals surface area contributed by atoms with Gasteiger partial charge < -0.3 is 21.7 Å². The molecule has 3 saturated carbocycles. The normalized spacial score (nSPS) is 21.2. The standard InChI is InChI=1S/C28H24N6O.CH5NOS/c29-14-18-7-8-24-23(11-18)25(9-10-31-24)32-20-4-1-3-19(12-20)26(35)33-21-5-2-6-22(13-21)34-28-15-27(30,16-28)17-28;1-4(2)3/h1-13,34H,15-17,30H2,(H,31,32)(H,33,35);2H2,1H3. The molecule has 39 heavy (non-hydrogen) atoms. The number of nitriles is 1. The summed E-state index contributed by atoms with van der Waals surface area (Å²) in [4.78, 5) is 17.4. The maximum absolute atomic E-state index is 13.0. The Morgan fingerprint density at radius 1 is 1.00 bits per heavy atom. The van der Waals surface area contributed by atoms with Crippen molar-refractivity contribution in [3.05, 3.63) is 90.1 Å². The molecule has 9 nitrogen and oxygen atoms in total. The van der Waals surface area contributed by atoms with Gasteiger partial charge in [-0.2, -0.15) is 5.26 Å². The number of nitrogens with one attached hydrogen (secondary N) is 3. The summed E-state index contributed by atoms with van der Waals surface area (Å²) in [7, 11) is -1.11. The molecule has 0 saturated heterocycles. The highest BCUT2D eigenvalue weighted by Gasteiger charge is 2.66. The molecule has 1 amide bonds. The number of nitrogens with zero attached hydrogens (tertiary/aromatic N) is 2. The smallest absolute Gasteiger partial charge is 0.255 e. The van der Waals surface area contributed by atoms with Gasteiger partial charge in [0.15, 0.2) is 0 Å². The second kappa shape index (κ2) is 10.5. The third-order valence-corrected chi connectivity index (χ3v) is 6.88. The second-order valence-corrected chi connectivity index (χ2v) is 11.2. The van der Waals surface area contributed by atoms with Crippen molar-refractivity contribution in [3.8, 4) is 6.07 Å². The molecule has 4 aromatic rings. The first kappa shape index (κ1) is 26.3. The van der Waals surface area contributed by atoms with E-state index in [4.69, 9.17) is 5.73 Å². The van der Waals surface area contributed by atoms with Crippen LogP contribution in [0.1, 0.15) is 35.2 Å². The van der Waals surface area contributed by atoms with Gasteiger partial charge in [0.05, 0.1) is 28.1 Å².